The van der Waals surface area contributed by atoms with Gasteiger partial charge in [0.15, 0.2) is 0 Å². The molecule has 1 aromatic rings. The zero-order valence-corrected chi connectivity index (χ0v) is 15.6. The van der Waals surface area contributed by atoms with E-state index in [0.717, 1.165) is 25.7 Å². The average molecular weight is 388 g/mol. The van der Waals surface area contributed by atoms with Gasteiger partial charge >= 0.3 is 5.97 Å². The van der Waals surface area contributed by atoms with Crippen molar-refractivity contribution >= 4 is 17.8 Å². The number of amides is 2. The van der Waals surface area contributed by atoms with Gasteiger partial charge in [-0.25, -0.2) is 5.10 Å². The Morgan fingerprint density at radius 3 is 2.68 bits per heavy atom. The lowest BCUT2D eigenvalue weighted by Crippen LogP contribution is -2.53. The highest BCUT2D eigenvalue weighted by molar-refractivity contribution is 5.96. The predicted octanol–water partition coefficient (Wildman–Crippen LogP) is 0.478. The van der Waals surface area contributed by atoms with Crippen LogP contribution < -0.4 is 5.56 Å². The molecule has 2 amide bonds. The number of piperidine rings is 1. The summed E-state index contributed by atoms with van der Waals surface area (Å²) in [5, 5.41) is 15.8. The van der Waals surface area contributed by atoms with Crippen LogP contribution in [0.4, 0.5) is 0 Å². The summed E-state index contributed by atoms with van der Waals surface area (Å²) >= 11 is 0. The smallest absolute Gasteiger partial charge is 0.311 e. The van der Waals surface area contributed by atoms with Gasteiger partial charge in [-0.3, -0.25) is 19.2 Å². The van der Waals surface area contributed by atoms with E-state index in [1.807, 2.05) is 0 Å². The van der Waals surface area contributed by atoms with Crippen LogP contribution in [0, 0.1) is 11.3 Å². The molecule has 0 spiro atoms. The van der Waals surface area contributed by atoms with E-state index in [4.69, 9.17) is 0 Å². The second-order valence-corrected chi connectivity index (χ2v) is 8.09. The molecular formula is C19H24N4O5. The largest absolute Gasteiger partial charge is 0.481 e. The highest BCUT2D eigenvalue weighted by Gasteiger charge is 2.56. The molecule has 28 heavy (non-hydrogen) atoms. The van der Waals surface area contributed by atoms with Crippen LogP contribution in [0.2, 0.25) is 0 Å². The monoisotopic (exact) mass is 388 g/mol. The SMILES string of the molecule is O=C(C1CCCCN1C(=O)c1ccc(=O)[nH]n1)N1C[C@@H]2CCC[C@@]2(C(=O)O)C1. The Labute approximate surface area is 161 Å². The quantitative estimate of drug-likeness (QED) is 0.776. The van der Waals surface area contributed by atoms with E-state index in [9.17, 15) is 24.3 Å². The minimum absolute atomic E-state index is 0.0115. The van der Waals surface area contributed by atoms with E-state index in [2.05, 4.69) is 10.2 Å². The van der Waals surface area contributed by atoms with E-state index in [1.165, 1.54) is 17.0 Å². The summed E-state index contributed by atoms with van der Waals surface area (Å²) in [5.41, 5.74) is -1.13. The molecular weight excluding hydrogens is 364 g/mol. The van der Waals surface area contributed by atoms with Crippen molar-refractivity contribution in [2.75, 3.05) is 19.6 Å². The van der Waals surface area contributed by atoms with Crippen LogP contribution in [0.25, 0.3) is 0 Å². The fourth-order valence-corrected chi connectivity index (χ4v) is 5.06. The summed E-state index contributed by atoms with van der Waals surface area (Å²) in [7, 11) is 0. The summed E-state index contributed by atoms with van der Waals surface area (Å²) in [6, 6.07) is 1.98. The molecule has 1 saturated carbocycles. The maximum Gasteiger partial charge on any atom is 0.311 e. The summed E-state index contributed by atoms with van der Waals surface area (Å²) in [6.07, 6.45) is 4.48. The highest BCUT2D eigenvalue weighted by atomic mass is 16.4. The molecule has 9 nitrogen and oxygen atoms in total. The third kappa shape index (κ3) is 2.98. The van der Waals surface area contributed by atoms with Crippen LogP contribution in [0.1, 0.15) is 49.0 Å². The standard InChI is InChI=1S/C19H24N4O5/c24-15-7-6-13(20-21-15)16(25)23-9-2-1-5-14(23)17(26)22-10-12-4-3-8-19(12,11-22)18(27)28/h6-7,12,14H,1-5,8-11H2,(H,21,24)(H,27,28)/t12-,14?,19+/m0/s1. The molecule has 0 radical (unpaired) electrons. The number of nitrogens with one attached hydrogen (secondary N) is 1. The Morgan fingerprint density at radius 2 is 2.00 bits per heavy atom. The van der Waals surface area contributed by atoms with Gasteiger partial charge in [-0.05, 0) is 44.1 Å². The number of likely N-dealkylation sites (tertiary alicyclic amines) is 2. The number of rotatable bonds is 3. The molecule has 9 heteroatoms. The van der Waals surface area contributed by atoms with E-state index in [-0.39, 0.29) is 30.0 Å². The van der Waals surface area contributed by atoms with Gasteiger partial charge in [0.2, 0.25) is 5.91 Å². The summed E-state index contributed by atoms with van der Waals surface area (Å²) < 4.78 is 0. The molecule has 2 N–H and O–H groups in total. The molecule has 3 heterocycles. The molecule has 3 atom stereocenters. The van der Waals surface area contributed by atoms with Crippen molar-refractivity contribution in [1.29, 1.82) is 0 Å². The molecule has 1 unspecified atom stereocenters. The second kappa shape index (κ2) is 7.03. The zero-order chi connectivity index (χ0) is 19.9. The molecule has 1 aromatic heterocycles. The van der Waals surface area contributed by atoms with Crippen molar-refractivity contribution < 1.29 is 19.5 Å². The van der Waals surface area contributed by atoms with Crippen molar-refractivity contribution in [1.82, 2.24) is 20.0 Å². The van der Waals surface area contributed by atoms with Gasteiger partial charge in [0.25, 0.3) is 11.5 Å². The molecule has 2 saturated heterocycles. The Morgan fingerprint density at radius 1 is 1.18 bits per heavy atom. The van der Waals surface area contributed by atoms with Crippen LogP contribution >= 0.6 is 0 Å². The van der Waals surface area contributed by atoms with Crippen LogP contribution in [-0.2, 0) is 9.59 Å². The van der Waals surface area contributed by atoms with E-state index < -0.39 is 23.0 Å². The minimum atomic E-state index is -0.834. The van der Waals surface area contributed by atoms with Crippen molar-refractivity contribution in [2.24, 2.45) is 11.3 Å². The molecule has 150 valence electrons. The highest BCUT2D eigenvalue weighted by Crippen LogP contribution is 2.49. The fourth-order valence-electron chi connectivity index (χ4n) is 5.06. The van der Waals surface area contributed by atoms with Crippen LogP contribution in [-0.4, -0.2) is 68.6 Å². The first-order valence-corrected chi connectivity index (χ1v) is 9.81. The van der Waals surface area contributed by atoms with Crippen LogP contribution in [0.3, 0.4) is 0 Å². The number of fused-ring (bicyclic) bond motifs is 1. The summed E-state index contributed by atoms with van der Waals surface area (Å²) in [4.78, 5) is 52.4. The molecule has 2 aliphatic heterocycles. The Kier molecular flexibility index (Phi) is 4.68. The fraction of sp³-hybridized carbons (Fsp3) is 0.632. The third-order valence-electron chi connectivity index (χ3n) is 6.56. The maximum atomic E-state index is 13.3. The van der Waals surface area contributed by atoms with Crippen molar-refractivity contribution in [3.05, 3.63) is 28.2 Å². The first kappa shape index (κ1) is 18.6. The lowest BCUT2D eigenvalue weighted by Gasteiger charge is -2.37. The minimum Gasteiger partial charge on any atom is -0.481 e. The van der Waals surface area contributed by atoms with Gasteiger partial charge in [-0.2, -0.15) is 5.10 Å². The maximum absolute atomic E-state index is 13.3. The number of carboxylic acids is 1. The molecule has 4 rings (SSSR count). The Bertz CT molecular complexity index is 848. The Hall–Kier alpha value is -2.71. The number of carboxylic acid groups (broad SMARTS) is 1. The van der Waals surface area contributed by atoms with E-state index in [1.54, 1.807) is 4.90 Å². The second-order valence-electron chi connectivity index (χ2n) is 8.09. The van der Waals surface area contributed by atoms with Gasteiger partial charge in [-0.15, -0.1) is 0 Å². The Balaban J connectivity index is 1.54. The predicted molar refractivity (Wildman–Crippen MR) is 97.5 cm³/mol. The van der Waals surface area contributed by atoms with Crippen LogP contribution in [0.15, 0.2) is 16.9 Å². The topological polar surface area (TPSA) is 124 Å². The number of aromatic amines is 1. The first-order chi connectivity index (χ1) is 13.4. The number of carbonyl (C=O) groups excluding carboxylic acids is 2. The van der Waals surface area contributed by atoms with Crippen molar-refractivity contribution in [3.63, 3.8) is 0 Å². The number of H-pyrrole nitrogens is 1. The van der Waals surface area contributed by atoms with Gasteiger partial charge in [0, 0.05) is 25.7 Å². The lowest BCUT2D eigenvalue weighted by molar-refractivity contribution is -0.150. The molecule has 3 aliphatic rings. The number of aromatic nitrogens is 2. The third-order valence-corrected chi connectivity index (χ3v) is 6.56. The first-order valence-electron chi connectivity index (χ1n) is 9.81. The van der Waals surface area contributed by atoms with Gasteiger partial charge < -0.3 is 14.9 Å². The van der Waals surface area contributed by atoms with Gasteiger partial charge in [-0.1, -0.05) is 6.42 Å². The van der Waals surface area contributed by atoms with Crippen LogP contribution in [0.5, 0.6) is 0 Å². The summed E-state index contributed by atoms with van der Waals surface area (Å²) in [5.74, 6) is -1.39. The zero-order valence-electron chi connectivity index (χ0n) is 15.6. The molecule has 0 aromatic carbocycles. The van der Waals surface area contributed by atoms with Crippen molar-refractivity contribution in [3.8, 4) is 0 Å². The average Bonchev–Trinajstić information content (AvgIpc) is 3.26. The molecule has 1 aliphatic carbocycles. The summed E-state index contributed by atoms with van der Waals surface area (Å²) in [6.45, 7) is 1.11. The van der Waals surface area contributed by atoms with Crippen molar-refractivity contribution in [2.45, 2.75) is 44.6 Å². The lowest BCUT2D eigenvalue weighted by atomic mass is 9.81. The number of nitrogens with zero attached hydrogens (tertiary/aromatic N) is 3. The normalized spacial score (nSPS) is 29.6. The number of hydrogen-bond acceptors (Lipinski definition) is 5. The van der Waals surface area contributed by atoms with Gasteiger partial charge in [0.05, 0.1) is 5.41 Å². The number of carbonyl (C=O) groups is 3. The number of hydrogen-bond donors (Lipinski definition) is 2. The molecule has 3 fully saturated rings. The van der Waals surface area contributed by atoms with E-state index in [0.29, 0.717) is 25.9 Å². The van der Waals surface area contributed by atoms with Gasteiger partial charge in [0.1, 0.15) is 11.7 Å². The molecule has 0 bridgehead atoms. The number of aliphatic carboxylic acids is 1. The van der Waals surface area contributed by atoms with E-state index >= 15 is 0 Å².